The van der Waals surface area contributed by atoms with Gasteiger partial charge in [-0.2, -0.15) is 0 Å². The monoisotopic (exact) mass is 280 g/mol. The first kappa shape index (κ1) is 15.2. The van der Waals surface area contributed by atoms with Crippen molar-refractivity contribution < 1.29 is 14.7 Å². The number of aliphatic carboxylic acids is 1. The number of benzene rings is 1. The molecule has 1 atom stereocenters. The molecule has 19 heavy (non-hydrogen) atoms. The average molecular weight is 280 g/mol. The number of rotatable bonds is 5. The molecule has 0 saturated carbocycles. The molecule has 2 amide bonds. The van der Waals surface area contributed by atoms with Gasteiger partial charge >= 0.3 is 12.0 Å². The number of amides is 2. The minimum absolute atomic E-state index is 0.226. The molecule has 1 aromatic carbocycles. The second-order valence-corrected chi connectivity index (χ2v) is 10.6. The number of primary amides is 1. The van der Waals surface area contributed by atoms with Crippen molar-refractivity contribution >= 4 is 25.3 Å². The first-order valence-electron chi connectivity index (χ1n) is 6.08. The number of hydrogen-bond acceptors (Lipinski definition) is 2. The molecule has 0 spiro atoms. The Hall–Kier alpha value is -1.82. The Balaban J connectivity index is 2.81. The Morgan fingerprint density at radius 1 is 1.26 bits per heavy atom. The lowest BCUT2D eigenvalue weighted by molar-refractivity contribution is -0.139. The number of carboxylic acids is 1. The van der Waals surface area contributed by atoms with Crippen molar-refractivity contribution in [1.29, 1.82) is 0 Å². The van der Waals surface area contributed by atoms with Gasteiger partial charge < -0.3 is 16.2 Å². The molecule has 6 heteroatoms. The van der Waals surface area contributed by atoms with Gasteiger partial charge in [0, 0.05) is 6.42 Å². The fourth-order valence-corrected chi connectivity index (χ4v) is 2.91. The van der Waals surface area contributed by atoms with Crippen LogP contribution in [0.3, 0.4) is 0 Å². The van der Waals surface area contributed by atoms with Gasteiger partial charge in [-0.3, -0.25) is 0 Å². The van der Waals surface area contributed by atoms with E-state index in [0.717, 1.165) is 5.56 Å². The number of carbonyl (C=O) groups excluding carboxylic acids is 1. The van der Waals surface area contributed by atoms with Gasteiger partial charge in [0.15, 0.2) is 0 Å². The maximum Gasteiger partial charge on any atom is 0.326 e. The van der Waals surface area contributed by atoms with Gasteiger partial charge in [0.05, 0.1) is 8.07 Å². The van der Waals surface area contributed by atoms with Crippen molar-refractivity contribution in [3.05, 3.63) is 29.8 Å². The van der Waals surface area contributed by atoms with E-state index in [1.807, 2.05) is 24.3 Å². The quantitative estimate of drug-likeness (QED) is 0.700. The van der Waals surface area contributed by atoms with Crippen molar-refractivity contribution in [2.24, 2.45) is 5.73 Å². The second-order valence-electron chi connectivity index (χ2n) is 5.55. The van der Waals surface area contributed by atoms with Crippen molar-refractivity contribution in [2.75, 3.05) is 0 Å². The highest BCUT2D eigenvalue weighted by molar-refractivity contribution is 6.88. The number of nitrogens with two attached hydrogens (primary N) is 1. The molecule has 0 aliphatic carbocycles. The van der Waals surface area contributed by atoms with Crippen LogP contribution in [0.25, 0.3) is 0 Å². The lowest BCUT2D eigenvalue weighted by Gasteiger charge is -2.18. The molecular weight excluding hydrogens is 260 g/mol. The zero-order chi connectivity index (χ0) is 14.6. The Morgan fingerprint density at radius 2 is 1.79 bits per heavy atom. The van der Waals surface area contributed by atoms with Gasteiger partial charge in [-0.1, -0.05) is 49.1 Å². The molecule has 1 rings (SSSR count). The molecule has 5 nitrogen and oxygen atoms in total. The largest absolute Gasteiger partial charge is 0.480 e. The number of carbonyl (C=O) groups is 2. The lowest BCUT2D eigenvalue weighted by Crippen LogP contribution is -2.45. The Kier molecular flexibility index (Phi) is 4.71. The molecule has 0 aromatic heterocycles. The molecule has 0 aliphatic heterocycles. The number of urea groups is 1. The molecule has 0 fully saturated rings. The zero-order valence-corrected chi connectivity index (χ0v) is 12.4. The van der Waals surface area contributed by atoms with E-state index in [2.05, 4.69) is 25.0 Å². The summed E-state index contributed by atoms with van der Waals surface area (Å²) < 4.78 is 0. The normalized spacial score (nSPS) is 12.8. The third-order valence-electron chi connectivity index (χ3n) is 2.87. The third kappa shape index (κ3) is 4.74. The zero-order valence-electron chi connectivity index (χ0n) is 11.4. The lowest BCUT2D eigenvalue weighted by atomic mass is 10.1. The first-order chi connectivity index (χ1) is 8.70. The third-order valence-corrected chi connectivity index (χ3v) is 4.94. The van der Waals surface area contributed by atoms with Gasteiger partial charge in [0.2, 0.25) is 0 Å². The standard InChI is InChI=1S/C13H20N2O3Si/c1-19(2,3)10-6-4-9(5-7-10)8-11(12(16)17)15-13(14)18/h4-7,11H,8H2,1-3H3,(H,16,17)(H3,14,15,18)/t11-/m1/s1. The molecule has 0 aliphatic rings. The van der Waals surface area contributed by atoms with Crippen LogP contribution in [0.4, 0.5) is 4.79 Å². The minimum atomic E-state index is -1.35. The van der Waals surface area contributed by atoms with Gasteiger partial charge in [-0.15, -0.1) is 0 Å². The molecule has 4 N–H and O–H groups in total. The van der Waals surface area contributed by atoms with E-state index < -0.39 is 26.1 Å². The van der Waals surface area contributed by atoms with E-state index in [9.17, 15) is 9.59 Å². The maximum atomic E-state index is 11.0. The van der Waals surface area contributed by atoms with Crippen LogP contribution >= 0.6 is 0 Å². The van der Waals surface area contributed by atoms with Gasteiger partial charge in [-0.25, -0.2) is 9.59 Å². The summed E-state index contributed by atoms with van der Waals surface area (Å²) in [4.78, 5) is 21.7. The Labute approximate surface area is 113 Å². The molecule has 0 radical (unpaired) electrons. The van der Waals surface area contributed by atoms with E-state index in [4.69, 9.17) is 10.8 Å². The predicted molar refractivity (Wildman–Crippen MR) is 77.3 cm³/mol. The highest BCUT2D eigenvalue weighted by Gasteiger charge is 2.20. The van der Waals surface area contributed by atoms with Crippen molar-refractivity contribution in [2.45, 2.75) is 32.1 Å². The summed E-state index contributed by atoms with van der Waals surface area (Å²) in [6.07, 6.45) is 0.226. The molecule has 0 unspecified atom stereocenters. The minimum Gasteiger partial charge on any atom is -0.480 e. The van der Waals surface area contributed by atoms with Gasteiger partial charge in [-0.05, 0) is 5.56 Å². The highest BCUT2D eigenvalue weighted by Crippen LogP contribution is 2.07. The van der Waals surface area contributed by atoms with Crippen molar-refractivity contribution in [1.82, 2.24) is 5.32 Å². The topological polar surface area (TPSA) is 92.4 Å². The fraction of sp³-hybridized carbons (Fsp3) is 0.385. The number of hydrogen-bond donors (Lipinski definition) is 3. The summed E-state index contributed by atoms with van der Waals surface area (Å²) in [5.41, 5.74) is 5.82. The van der Waals surface area contributed by atoms with E-state index in [0.29, 0.717) is 0 Å². The molecular formula is C13H20N2O3Si. The summed E-state index contributed by atoms with van der Waals surface area (Å²) in [5.74, 6) is -1.09. The van der Waals surface area contributed by atoms with Gasteiger partial charge in [0.1, 0.15) is 6.04 Å². The predicted octanol–water partition coefficient (Wildman–Crippen LogP) is 0.896. The summed E-state index contributed by atoms with van der Waals surface area (Å²) in [5, 5.41) is 12.5. The van der Waals surface area contributed by atoms with Crippen LogP contribution < -0.4 is 16.2 Å². The summed E-state index contributed by atoms with van der Waals surface area (Å²) >= 11 is 0. The molecule has 1 aromatic rings. The van der Waals surface area contributed by atoms with Gasteiger partial charge in [0.25, 0.3) is 0 Å². The summed E-state index contributed by atoms with van der Waals surface area (Å²) in [7, 11) is -1.35. The molecule has 0 bridgehead atoms. The van der Waals surface area contributed by atoms with E-state index in [1.165, 1.54) is 5.19 Å². The van der Waals surface area contributed by atoms with Crippen LogP contribution in [-0.2, 0) is 11.2 Å². The smallest absolute Gasteiger partial charge is 0.326 e. The average Bonchev–Trinajstić information content (AvgIpc) is 2.27. The van der Waals surface area contributed by atoms with Crippen LogP contribution in [0.2, 0.25) is 19.6 Å². The van der Waals surface area contributed by atoms with Crippen LogP contribution in [0.1, 0.15) is 5.56 Å². The molecule has 104 valence electrons. The number of nitrogens with one attached hydrogen (secondary N) is 1. The Morgan fingerprint density at radius 3 is 2.16 bits per heavy atom. The van der Waals surface area contributed by atoms with E-state index in [-0.39, 0.29) is 6.42 Å². The Bertz CT molecular complexity index is 466. The van der Waals surface area contributed by atoms with Crippen LogP contribution in [0, 0.1) is 0 Å². The van der Waals surface area contributed by atoms with Crippen molar-refractivity contribution in [3.8, 4) is 0 Å². The maximum absolute atomic E-state index is 11.0. The first-order valence-corrected chi connectivity index (χ1v) is 9.58. The fourth-order valence-electron chi connectivity index (χ4n) is 1.75. The summed E-state index contributed by atoms with van der Waals surface area (Å²) in [6, 6.07) is 6.06. The van der Waals surface area contributed by atoms with Crippen LogP contribution in [-0.4, -0.2) is 31.2 Å². The molecule has 0 saturated heterocycles. The molecule has 0 heterocycles. The SMILES string of the molecule is C[Si](C)(C)c1ccc(C[C@@H](NC(N)=O)C(=O)O)cc1. The summed E-state index contributed by atoms with van der Waals surface area (Å²) in [6.45, 7) is 6.74. The van der Waals surface area contributed by atoms with Crippen LogP contribution in [0.15, 0.2) is 24.3 Å². The van der Waals surface area contributed by atoms with Crippen molar-refractivity contribution in [3.63, 3.8) is 0 Å². The number of carboxylic acid groups (broad SMARTS) is 1. The highest BCUT2D eigenvalue weighted by atomic mass is 28.3. The second kappa shape index (κ2) is 5.88. The van der Waals surface area contributed by atoms with E-state index >= 15 is 0 Å². The van der Waals surface area contributed by atoms with E-state index in [1.54, 1.807) is 0 Å². The van der Waals surface area contributed by atoms with Crippen LogP contribution in [0.5, 0.6) is 0 Å².